The van der Waals surface area contributed by atoms with Gasteiger partial charge < -0.3 is 25.4 Å². The van der Waals surface area contributed by atoms with E-state index in [9.17, 15) is 24.0 Å². The first kappa shape index (κ1) is 28.6. The van der Waals surface area contributed by atoms with Crippen LogP contribution in [-0.2, 0) is 5.60 Å². The smallest absolute Gasteiger partial charge is 0.275 e. The third kappa shape index (κ3) is 5.64. The van der Waals surface area contributed by atoms with Crippen LogP contribution >= 0.6 is 0 Å². The fraction of sp³-hybridized carbons (Fsp3) is 0.464. The maximum atomic E-state index is 14.1. The zero-order valence-electron chi connectivity index (χ0n) is 23.3. The summed E-state index contributed by atoms with van der Waals surface area (Å²) < 4.78 is 33.7. The Labute approximate surface area is 236 Å². The molecule has 218 valence electrons. The van der Waals surface area contributed by atoms with Crippen LogP contribution in [-0.4, -0.2) is 57.1 Å². The van der Waals surface area contributed by atoms with Gasteiger partial charge in [0.05, 0.1) is 29.0 Å². The van der Waals surface area contributed by atoms with Crippen LogP contribution in [0, 0.1) is 33.6 Å². The number of halogens is 2. The lowest BCUT2D eigenvalue weighted by atomic mass is 9.85. The maximum Gasteiger partial charge on any atom is 0.275 e. The number of fused-ring (bicyclic) bond motifs is 1. The Hall–Kier alpha value is -3.97. The van der Waals surface area contributed by atoms with Crippen LogP contribution < -0.4 is 15.4 Å². The van der Waals surface area contributed by atoms with E-state index in [1.165, 1.54) is 26.4 Å². The van der Waals surface area contributed by atoms with Crippen molar-refractivity contribution in [3.63, 3.8) is 0 Å². The average Bonchev–Trinajstić information content (AvgIpc) is 3.49. The number of hydrogen-bond donors (Lipinski definition) is 3. The molecule has 2 heterocycles. The molecule has 3 N–H and O–H groups in total. The Morgan fingerprint density at radius 3 is 2.46 bits per heavy atom. The zero-order chi connectivity index (χ0) is 29.5. The minimum atomic E-state index is -1.45. The molecule has 1 aromatic heterocycles. The predicted octanol–water partition coefficient (Wildman–Crippen LogP) is 5.23. The van der Waals surface area contributed by atoms with Gasteiger partial charge in [0.25, 0.3) is 5.69 Å². The second-order valence-corrected chi connectivity index (χ2v) is 11.0. The minimum absolute atomic E-state index is 0.00543. The van der Waals surface area contributed by atoms with Gasteiger partial charge in [0.15, 0.2) is 11.6 Å². The molecule has 2 unspecified atom stereocenters. The summed E-state index contributed by atoms with van der Waals surface area (Å²) in [5, 5.41) is 28.7. The number of aromatic nitrogens is 3. The van der Waals surface area contributed by atoms with Crippen LogP contribution in [0.4, 0.5) is 37.7 Å². The highest BCUT2D eigenvalue weighted by molar-refractivity contribution is 5.70. The predicted molar refractivity (Wildman–Crippen MR) is 149 cm³/mol. The first-order valence-corrected chi connectivity index (χ1v) is 13.5. The van der Waals surface area contributed by atoms with E-state index < -0.39 is 17.2 Å². The van der Waals surface area contributed by atoms with Crippen LogP contribution in [0.15, 0.2) is 30.6 Å². The number of likely N-dealkylation sites (tertiary alicyclic amines) is 1. The lowest BCUT2D eigenvalue weighted by molar-refractivity contribution is -0.385. The third-order valence-electron chi connectivity index (χ3n) is 8.38. The standard InChI is InChI=1S/C28H33F2N7O4/c1-5-28(2,38)19-9-20(29)21(30)10-22(19)33-26-31-14-32-27(35-26)34-23-11-24(37(39)40)17(8-25(23)41-4)16-7-6-15-12-36(3)13-18(15)16/h8-11,14-16,18,38H,5-7,12-13H2,1-4H3,(H2,31,32,33,34,35)/t15-,16?,18+,28?/m0/s1. The number of nitro benzene ring substituents is 1. The number of hydrogen-bond acceptors (Lipinski definition) is 10. The van der Waals surface area contributed by atoms with Crippen LogP contribution in [0.25, 0.3) is 0 Å². The van der Waals surface area contributed by atoms with Gasteiger partial charge in [-0.1, -0.05) is 6.92 Å². The molecule has 0 spiro atoms. The lowest BCUT2D eigenvalue weighted by Gasteiger charge is -2.25. The molecule has 2 aliphatic rings. The Morgan fingerprint density at radius 2 is 1.80 bits per heavy atom. The number of nitrogens with zero attached hydrogens (tertiary/aromatic N) is 5. The summed E-state index contributed by atoms with van der Waals surface area (Å²) in [4.78, 5) is 26.5. The molecule has 41 heavy (non-hydrogen) atoms. The largest absolute Gasteiger partial charge is 0.495 e. The summed E-state index contributed by atoms with van der Waals surface area (Å²) >= 11 is 0. The monoisotopic (exact) mass is 569 g/mol. The molecule has 1 saturated heterocycles. The van der Waals surface area contributed by atoms with Crippen molar-refractivity contribution in [2.45, 2.75) is 44.6 Å². The highest BCUT2D eigenvalue weighted by atomic mass is 19.2. The van der Waals surface area contributed by atoms with E-state index in [-0.39, 0.29) is 46.1 Å². The fourth-order valence-electron chi connectivity index (χ4n) is 6.12. The molecule has 3 aromatic rings. The van der Waals surface area contributed by atoms with Crippen molar-refractivity contribution in [2.24, 2.45) is 11.8 Å². The van der Waals surface area contributed by atoms with Gasteiger partial charge >= 0.3 is 0 Å². The summed E-state index contributed by atoms with van der Waals surface area (Å²) in [7, 11) is 3.57. The molecular weight excluding hydrogens is 536 g/mol. The number of anilines is 4. The first-order valence-electron chi connectivity index (χ1n) is 13.5. The van der Waals surface area contributed by atoms with Crippen molar-refractivity contribution in [1.29, 1.82) is 0 Å². The summed E-state index contributed by atoms with van der Waals surface area (Å²) in [5.74, 6) is -0.839. The van der Waals surface area contributed by atoms with Crippen molar-refractivity contribution in [2.75, 3.05) is 37.9 Å². The van der Waals surface area contributed by atoms with Crippen LogP contribution in [0.1, 0.15) is 50.2 Å². The molecular formula is C28H33F2N7O4. The number of aliphatic hydroxyl groups is 1. The van der Waals surface area contributed by atoms with E-state index in [0.717, 1.165) is 38.1 Å². The number of benzene rings is 2. The Kier molecular flexibility index (Phi) is 7.75. The third-order valence-corrected chi connectivity index (χ3v) is 8.38. The lowest BCUT2D eigenvalue weighted by Crippen LogP contribution is -2.22. The molecule has 5 rings (SSSR count). The van der Waals surface area contributed by atoms with E-state index >= 15 is 0 Å². The van der Waals surface area contributed by atoms with Crippen LogP contribution in [0.2, 0.25) is 0 Å². The fourth-order valence-corrected chi connectivity index (χ4v) is 6.12. The number of ether oxygens (including phenoxy) is 1. The molecule has 2 fully saturated rings. The molecule has 2 aromatic carbocycles. The Balaban J connectivity index is 1.45. The average molecular weight is 570 g/mol. The first-order chi connectivity index (χ1) is 19.5. The quantitative estimate of drug-likeness (QED) is 0.232. The van der Waals surface area contributed by atoms with Gasteiger partial charge in [-0.3, -0.25) is 10.1 Å². The van der Waals surface area contributed by atoms with Crippen molar-refractivity contribution in [3.8, 4) is 5.75 Å². The van der Waals surface area contributed by atoms with E-state index in [2.05, 4.69) is 37.5 Å². The zero-order valence-corrected chi connectivity index (χ0v) is 23.3. The Bertz CT molecular complexity index is 1470. The molecule has 11 nitrogen and oxygen atoms in total. The van der Waals surface area contributed by atoms with Crippen LogP contribution in [0.3, 0.4) is 0 Å². The maximum absolute atomic E-state index is 14.1. The van der Waals surface area contributed by atoms with E-state index in [1.807, 2.05) is 0 Å². The summed E-state index contributed by atoms with van der Waals surface area (Å²) in [5.41, 5.74) is -0.296. The molecule has 0 amide bonds. The molecule has 4 atom stereocenters. The summed E-state index contributed by atoms with van der Waals surface area (Å²) in [6.45, 7) is 5.11. The second kappa shape index (κ2) is 11.1. The second-order valence-electron chi connectivity index (χ2n) is 11.0. The SMILES string of the molecule is CCC(C)(O)c1cc(F)c(F)cc1Nc1ncnc(Nc2cc([N+](=O)[O-])c(C3CC[C@H]4CN(C)C[C@@H]34)cc2OC)n1. The highest BCUT2D eigenvalue weighted by Crippen LogP contribution is 2.51. The van der Waals surface area contributed by atoms with Gasteiger partial charge in [0.1, 0.15) is 12.1 Å². The van der Waals surface area contributed by atoms with Gasteiger partial charge in [-0.25, -0.2) is 18.7 Å². The molecule has 13 heteroatoms. The molecule has 1 aliphatic carbocycles. The van der Waals surface area contributed by atoms with Crippen LogP contribution in [0.5, 0.6) is 5.75 Å². The summed E-state index contributed by atoms with van der Waals surface area (Å²) in [6.07, 6.45) is 3.36. The normalized spacial score (nSPS) is 21.8. The highest BCUT2D eigenvalue weighted by Gasteiger charge is 2.44. The van der Waals surface area contributed by atoms with Gasteiger partial charge in [-0.05, 0) is 63.1 Å². The molecule has 0 radical (unpaired) electrons. The number of methoxy groups -OCH3 is 1. The van der Waals surface area contributed by atoms with E-state index in [0.29, 0.717) is 28.8 Å². The minimum Gasteiger partial charge on any atom is -0.495 e. The molecule has 0 bridgehead atoms. The van der Waals surface area contributed by atoms with Gasteiger partial charge in [-0.2, -0.15) is 4.98 Å². The van der Waals surface area contributed by atoms with E-state index in [4.69, 9.17) is 4.74 Å². The van der Waals surface area contributed by atoms with Crippen molar-refractivity contribution in [3.05, 3.63) is 63.5 Å². The molecule has 1 saturated carbocycles. The van der Waals surface area contributed by atoms with Gasteiger partial charge in [0, 0.05) is 36.3 Å². The van der Waals surface area contributed by atoms with Crippen molar-refractivity contribution in [1.82, 2.24) is 19.9 Å². The van der Waals surface area contributed by atoms with E-state index in [1.54, 1.807) is 13.0 Å². The number of nitro groups is 1. The number of rotatable bonds is 9. The number of nitrogens with one attached hydrogen (secondary N) is 2. The topological polar surface area (TPSA) is 139 Å². The van der Waals surface area contributed by atoms with Crippen molar-refractivity contribution >= 4 is 29.0 Å². The van der Waals surface area contributed by atoms with Gasteiger partial charge in [-0.15, -0.1) is 0 Å². The van der Waals surface area contributed by atoms with Crippen molar-refractivity contribution < 1.29 is 23.5 Å². The summed E-state index contributed by atoms with van der Waals surface area (Å²) in [6, 6.07) is 5.02. The van der Waals surface area contributed by atoms with Gasteiger partial charge in [0.2, 0.25) is 11.9 Å². The Morgan fingerprint density at radius 1 is 1.12 bits per heavy atom. The molecule has 1 aliphatic heterocycles.